The van der Waals surface area contributed by atoms with Gasteiger partial charge >= 0.3 is 0 Å². The number of rotatable bonds is 9. The first-order valence-corrected chi connectivity index (χ1v) is 12.4. The number of amides is 1. The van der Waals surface area contributed by atoms with Gasteiger partial charge in [0.15, 0.2) is 0 Å². The molecule has 2 fully saturated rings. The SMILES string of the molecule is COc1cccc([C@@H]2C(=C(O)c3ccc(OC(C)C)cc3)C(=O)C(=O)N2CCCN2CCOCC2)c1. The van der Waals surface area contributed by atoms with Gasteiger partial charge in [0.2, 0.25) is 0 Å². The largest absolute Gasteiger partial charge is 0.507 e. The summed E-state index contributed by atoms with van der Waals surface area (Å²) < 4.78 is 16.5. The summed E-state index contributed by atoms with van der Waals surface area (Å²) in [7, 11) is 1.57. The predicted molar refractivity (Wildman–Crippen MR) is 136 cm³/mol. The third-order valence-corrected chi connectivity index (χ3v) is 6.43. The molecule has 2 aromatic rings. The van der Waals surface area contributed by atoms with E-state index in [0.29, 0.717) is 48.8 Å². The lowest BCUT2D eigenvalue weighted by molar-refractivity contribution is -0.140. The van der Waals surface area contributed by atoms with Gasteiger partial charge in [-0.3, -0.25) is 14.5 Å². The lowest BCUT2D eigenvalue weighted by Gasteiger charge is -2.29. The van der Waals surface area contributed by atoms with Gasteiger partial charge in [-0.15, -0.1) is 0 Å². The molecule has 8 nitrogen and oxygen atoms in total. The molecular weight excluding hydrogens is 460 g/mol. The zero-order chi connectivity index (χ0) is 25.7. The van der Waals surface area contributed by atoms with Crippen LogP contribution in [0.25, 0.3) is 5.76 Å². The average Bonchev–Trinajstić information content (AvgIpc) is 3.14. The van der Waals surface area contributed by atoms with Crippen molar-refractivity contribution in [2.75, 3.05) is 46.5 Å². The highest BCUT2D eigenvalue weighted by atomic mass is 16.5. The Morgan fingerprint density at radius 1 is 1.06 bits per heavy atom. The number of likely N-dealkylation sites (tertiary alicyclic amines) is 1. The minimum atomic E-state index is -0.712. The summed E-state index contributed by atoms with van der Waals surface area (Å²) in [4.78, 5) is 30.3. The van der Waals surface area contributed by atoms with Crippen LogP contribution in [0.4, 0.5) is 0 Å². The third kappa shape index (κ3) is 5.71. The lowest BCUT2D eigenvalue weighted by atomic mass is 9.95. The van der Waals surface area contributed by atoms with E-state index in [9.17, 15) is 14.7 Å². The Balaban J connectivity index is 1.66. The molecule has 0 aliphatic carbocycles. The Hall–Kier alpha value is -3.36. The zero-order valence-corrected chi connectivity index (χ0v) is 21.1. The Kier molecular flexibility index (Phi) is 8.28. The van der Waals surface area contributed by atoms with E-state index in [-0.39, 0.29) is 17.4 Å². The fourth-order valence-electron chi connectivity index (χ4n) is 4.68. The fourth-order valence-corrected chi connectivity index (χ4v) is 4.68. The number of aliphatic hydroxyl groups is 1. The molecule has 0 spiro atoms. The molecule has 4 rings (SSSR count). The Morgan fingerprint density at radius 3 is 2.44 bits per heavy atom. The molecule has 1 atom stereocenters. The van der Waals surface area contributed by atoms with Crippen LogP contribution >= 0.6 is 0 Å². The van der Waals surface area contributed by atoms with Crippen LogP contribution in [0, 0.1) is 0 Å². The van der Waals surface area contributed by atoms with E-state index in [1.807, 2.05) is 32.0 Å². The van der Waals surface area contributed by atoms with Gasteiger partial charge < -0.3 is 24.2 Å². The molecule has 0 unspecified atom stereocenters. The number of nitrogens with zero attached hydrogens (tertiary/aromatic N) is 2. The molecule has 0 aromatic heterocycles. The third-order valence-electron chi connectivity index (χ3n) is 6.43. The normalized spacial score (nSPS) is 20.2. The van der Waals surface area contributed by atoms with Crippen molar-refractivity contribution in [3.05, 3.63) is 65.2 Å². The number of ether oxygens (including phenoxy) is 3. The number of hydrogen-bond acceptors (Lipinski definition) is 7. The van der Waals surface area contributed by atoms with E-state index in [1.54, 1.807) is 42.3 Å². The molecule has 192 valence electrons. The molecular formula is C28H34N2O6. The number of hydrogen-bond donors (Lipinski definition) is 1. The summed E-state index contributed by atoms with van der Waals surface area (Å²) >= 11 is 0. The van der Waals surface area contributed by atoms with Crippen LogP contribution in [0.2, 0.25) is 0 Å². The number of methoxy groups -OCH3 is 1. The molecule has 0 saturated carbocycles. The number of carbonyl (C=O) groups excluding carboxylic acids is 2. The van der Waals surface area contributed by atoms with Crippen molar-refractivity contribution in [2.45, 2.75) is 32.4 Å². The van der Waals surface area contributed by atoms with Gasteiger partial charge in [0.05, 0.1) is 38.0 Å². The summed E-state index contributed by atoms with van der Waals surface area (Å²) in [6, 6.07) is 13.4. The molecule has 2 aromatic carbocycles. The van der Waals surface area contributed by atoms with Crippen molar-refractivity contribution in [1.82, 2.24) is 9.80 Å². The highest BCUT2D eigenvalue weighted by Crippen LogP contribution is 2.40. The quantitative estimate of drug-likeness (QED) is 0.324. The highest BCUT2D eigenvalue weighted by molar-refractivity contribution is 6.46. The molecule has 36 heavy (non-hydrogen) atoms. The smallest absolute Gasteiger partial charge is 0.295 e. The summed E-state index contributed by atoms with van der Waals surface area (Å²) in [6.07, 6.45) is 0.717. The number of Topliss-reactive ketones (excluding diaryl/α,β-unsaturated/α-hetero) is 1. The van der Waals surface area contributed by atoms with Crippen LogP contribution in [0.3, 0.4) is 0 Å². The van der Waals surface area contributed by atoms with E-state index in [4.69, 9.17) is 14.2 Å². The fraction of sp³-hybridized carbons (Fsp3) is 0.429. The van der Waals surface area contributed by atoms with Gasteiger partial charge in [0.25, 0.3) is 11.7 Å². The second-order valence-electron chi connectivity index (χ2n) is 9.27. The maximum absolute atomic E-state index is 13.3. The number of aliphatic hydroxyl groups excluding tert-OH is 1. The minimum Gasteiger partial charge on any atom is -0.507 e. The lowest BCUT2D eigenvalue weighted by Crippen LogP contribution is -2.38. The average molecular weight is 495 g/mol. The van der Waals surface area contributed by atoms with Crippen molar-refractivity contribution < 1.29 is 28.9 Å². The van der Waals surface area contributed by atoms with Crippen molar-refractivity contribution in [2.24, 2.45) is 0 Å². The molecule has 1 amide bonds. The van der Waals surface area contributed by atoms with Gasteiger partial charge in [-0.2, -0.15) is 0 Å². The first kappa shape index (κ1) is 25.7. The van der Waals surface area contributed by atoms with E-state index in [1.165, 1.54) is 0 Å². The summed E-state index contributed by atoms with van der Waals surface area (Å²) in [5, 5.41) is 11.3. The Morgan fingerprint density at radius 2 is 1.78 bits per heavy atom. The molecule has 1 N–H and O–H groups in total. The topological polar surface area (TPSA) is 88.5 Å². The van der Waals surface area contributed by atoms with Crippen molar-refractivity contribution in [1.29, 1.82) is 0 Å². The summed E-state index contributed by atoms with van der Waals surface area (Å²) in [5.41, 5.74) is 1.24. The molecule has 2 aliphatic heterocycles. The minimum absolute atomic E-state index is 0.0142. The van der Waals surface area contributed by atoms with Crippen LogP contribution in [0.1, 0.15) is 37.4 Å². The first-order valence-electron chi connectivity index (χ1n) is 12.4. The Bertz CT molecular complexity index is 1110. The maximum atomic E-state index is 13.3. The van der Waals surface area contributed by atoms with Gasteiger partial charge in [-0.05, 0) is 62.2 Å². The second-order valence-corrected chi connectivity index (χ2v) is 9.27. The number of carbonyl (C=O) groups is 2. The van der Waals surface area contributed by atoms with Crippen LogP contribution < -0.4 is 9.47 Å². The molecule has 2 heterocycles. The van der Waals surface area contributed by atoms with Crippen LogP contribution in [-0.4, -0.2) is 79.2 Å². The van der Waals surface area contributed by atoms with E-state index >= 15 is 0 Å². The number of benzene rings is 2. The predicted octanol–water partition coefficient (Wildman–Crippen LogP) is 3.63. The Labute approximate surface area is 212 Å². The van der Waals surface area contributed by atoms with Crippen molar-refractivity contribution >= 4 is 17.4 Å². The maximum Gasteiger partial charge on any atom is 0.295 e. The second kappa shape index (κ2) is 11.6. The van der Waals surface area contributed by atoms with Crippen LogP contribution in [0.5, 0.6) is 11.5 Å². The van der Waals surface area contributed by atoms with Crippen LogP contribution in [0.15, 0.2) is 54.1 Å². The number of ketones is 1. The molecule has 2 aliphatic rings. The summed E-state index contributed by atoms with van der Waals surface area (Å²) in [6.45, 7) is 8.18. The van der Waals surface area contributed by atoms with Gasteiger partial charge in [-0.25, -0.2) is 0 Å². The zero-order valence-electron chi connectivity index (χ0n) is 21.1. The first-order chi connectivity index (χ1) is 17.4. The molecule has 0 radical (unpaired) electrons. The molecule has 8 heteroatoms. The standard InChI is InChI=1S/C28H34N2O6/c1-19(2)36-22-10-8-20(9-11-22)26(31)24-25(21-6-4-7-23(18-21)34-3)30(28(33)27(24)32)13-5-12-29-14-16-35-17-15-29/h4,6-11,18-19,25,31H,5,12-17H2,1-3H3/t25-/m1/s1. The van der Waals surface area contributed by atoms with Gasteiger partial charge in [-0.1, -0.05) is 12.1 Å². The molecule has 2 saturated heterocycles. The van der Waals surface area contributed by atoms with Crippen LogP contribution in [-0.2, 0) is 14.3 Å². The monoisotopic (exact) mass is 494 g/mol. The van der Waals surface area contributed by atoms with Crippen molar-refractivity contribution in [3.8, 4) is 11.5 Å². The van der Waals surface area contributed by atoms with E-state index < -0.39 is 17.7 Å². The van der Waals surface area contributed by atoms with E-state index in [2.05, 4.69) is 4.90 Å². The highest BCUT2D eigenvalue weighted by Gasteiger charge is 2.46. The van der Waals surface area contributed by atoms with Gasteiger partial charge in [0.1, 0.15) is 17.3 Å². The summed E-state index contributed by atoms with van der Waals surface area (Å²) in [5.74, 6) is -0.218. The molecule has 0 bridgehead atoms. The van der Waals surface area contributed by atoms with Gasteiger partial charge in [0, 0.05) is 31.7 Å². The van der Waals surface area contributed by atoms with E-state index in [0.717, 1.165) is 19.6 Å². The van der Waals surface area contributed by atoms with Crippen molar-refractivity contribution in [3.63, 3.8) is 0 Å². The number of morpholine rings is 1.